The van der Waals surface area contributed by atoms with E-state index in [-0.39, 0.29) is 18.3 Å². The lowest BCUT2D eigenvalue weighted by atomic mass is 9.83. The average molecular weight is 381 g/mol. The molecule has 126 valence electrons. The van der Waals surface area contributed by atoms with Crippen molar-refractivity contribution in [3.8, 4) is 0 Å². The van der Waals surface area contributed by atoms with E-state index in [1.807, 2.05) is 36.4 Å². The Morgan fingerprint density at radius 2 is 1.87 bits per heavy atom. The van der Waals surface area contributed by atoms with Gasteiger partial charge in [0.25, 0.3) is 0 Å². The molecular formula is C19H25BrO3. The molecule has 1 rings (SSSR count). The molecule has 0 saturated heterocycles. The van der Waals surface area contributed by atoms with Crippen LogP contribution in [0.3, 0.4) is 0 Å². The SMILES string of the molecule is CCCC/C(Br)=C/C(c1ccccc1)C(C(C)=O)C(=O)OCC. The quantitative estimate of drug-likeness (QED) is 0.446. The molecule has 1 aromatic rings. The summed E-state index contributed by atoms with van der Waals surface area (Å²) in [6, 6.07) is 9.63. The molecule has 23 heavy (non-hydrogen) atoms. The number of benzene rings is 1. The summed E-state index contributed by atoms with van der Waals surface area (Å²) < 4.78 is 6.14. The fourth-order valence-corrected chi connectivity index (χ4v) is 3.05. The number of esters is 1. The van der Waals surface area contributed by atoms with Crippen LogP contribution < -0.4 is 0 Å². The monoisotopic (exact) mass is 380 g/mol. The van der Waals surface area contributed by atoms with Gasteiger partial charge in [-0.25, -0.2) is 0 Å². The molecule has 0 heterocycles. The van der Waals surface area contributed by atoms with Gasteiger partial charge in [-0.3, -0.25) is 9.59 Å². The van der Waals surface area contributed by atoms with Crippen molar-refractivity contribution in [3.63, 3.8) is 0 Å². The summed E-state index contributed by atoms with van der Waals surface area (Å²) in [6.45, 7) is 5.60. The number of halogens is 1. The minimum Gasteiger partial charge on any atom is -0.465 e. The van der Waals surface area contributed by atoms with Crippen molar-refractivity contribution in [1.29, 1.82) is 0 Å². The first-order valence-electron chi connectivity index (χ1n) is 8.09. The van der Waals surface area contributed by atoms with Gasteiger partial charge in [0.2, 0.25) is 0 Å². The Morgan fingerprint density at radius 3 is 2.39 bits per heavy atom. The molecule has 4 heteroatoms. The van der Waals surface area contributed by atoms with Gasteiger partial charge in [-0.1, -0.05) is 65.7 Å². The van der Waals surface area contributed by atoms with Crippen molar-refractivity contribution < 1.29 is 14.3 Å². The van der Waals surface area contributed by atoms with E-state index in [9.17, 15) is 9.59 Å². The number of carbonyl (C=O) groups is 2. The third kappa shape index (κ3) is 6.30. The fourth-order valence-electron chi connectivity index (χ4n) is 2.48. The van der Waals surface area contributed by atoms with Crippen LogP contribution in [0.4, 0.5) is 0 Å². The number of rotatable bonds is 9. The highest BCUT2D eigenvalue weighted by Gasteiger charge is 2.33. The maximum atomic E-state index is 12.3. The Morgan fingerprint density at radius 1 is 1.22 bits per heavy atom. The smallest absolute Gasteiger partial charge is 0.317 e. The number of hydrogen-bond acceptors (Lipinski definition) is 3. The van der Waals surface area contributed by atoms with Gasteiger partial charge < -0.3 is 4.74 Å². The number of unbranched alkanes of at least 4 members (excludes halogenated alkanes) is 1. The van der Waals surface area contributed by atoms with Crippen molar-refractivity contribution in [2.45, 2.75) is 46.0 Å². The lowest BCUT2D eigenvalue weighted by Gasteiger charge is -2.22. The van der Waals surface area contributed by atoms with Crippen LogP contribution in [0.1, 0.15) is 51.5 Å². The number of ketones is 1. The van der Waals surface area contributed by atoms with Crippen LogP contribution in [0.15, 0.2) is 40.9 Å². The second-order valence-electron chi connectivity index (χ2n) is 5.49. The minimum atomic E-state index is -0.813. The summed E-state index contributed by atoms with van der Waals surface area (Å²) in [5.41, 5.74) is 0.939. The summed E-state index contributed by atoms with van der Waals surface area (Å²) in [5, 5.41) is 0. The molecule has 0 spiro atoms. The Labute approximate surface area is 147 Å². The van der Waals surface area contributed by atoms with Crippen LogP contribution in [0.2, 0.25) is 0 Å². The third-order valence-electron chi connectivity index (χ3n) is 3.65. The van der Waals surface area contributed by atoms with Crippen LogP contribution in [0, 0.1) is 5.92 Å². The van der Waals surface area contributed by atoms with E-state index in [1.54, 1.807) is 6.92 Å². The maximum absolute atomic E-state index is 12.3. The Hall–Kier alpha value is -1.42. The van der Waals surface area contributed by atoms with Gasteiger partial charge in [-0.05, 0) is 36.7 Å². The predicted molar refractivity (Wildman–Crippen MR) is 96.5 cm³/mol. The number of Topliss-reactive ketones (excluding diaryl/α,β-unsaturated/α-hetero) is 1. The zero-order valence-corrected chi connectivity index (χ0v) is 15.6. The van der Waals surface area contributed by atoms with Crippen molar-refractivity contribution in [1.82, 2.24) is 0 Å². The fraction of sp³-hybridized carbons (Fsp3) is 0.474. The molecule has 2 atom stereocenters. The molecule has 2 unspecified atom stereocenters. The van der Waals surface area contributed by atoms with Gasteiger partial charge >= 0.3 is 5.97 Å². The maximum Gasteiger partial charge on any atom is 0.317 e. The first-order valence-corrected chi connectivity index (χ1v) is 8.88. The number of ether oxygens (including phenoxy) is 1. The first kappa shape index (κ1) is 19.6. The zero-order valence-electron chi connectivity index (χ0n) is 14.0. The highest BCUT2D eigenvalue weighted by atomic mass is 79.9. The molecule has 0 bridgehead atoms. The number of carbonyl (C=O) groups excluding carboxylic acids is 2. The molecule has 0 N–H and O–H groups in total. The lowest BCUT2D eigenvalue weighted by Crippen LogP contribution is -2.30. The second-order valence-corrected chi connectivity index (χ2v) is 6.51. The highest BCUT2D eigenvalue weighted by Crippen LogP contribution is 2.31. The van der Waals surface area contributed by atoms with E-state index in [0.29, 0.717) is 0 Å². The van der Waals surface area contributed by atoms with Crippen LogP contribution in [0.5, 0.6) is 0 Å². The minimum absolute atomic E-state index is 0.177. The molecule has 0 saturated carbocycles. The van der Waals surface area contributed by atoms with E-state index in [4.69, 9.17) is 4.74 Å². The lowest BCUT2D eigenvalue weighted by molar-refractivity contribution is -0.151. The summed E-state index contributed by atoms with van der Waals surface area (Å²) in [5.74, 6) is -1.77. The number of allylic oxidation sites excluding steroid dienone is 2. The van der Waals surface area contributed by atoms with Crippen molar-refractivity contribution in [3.05, 3.63) is 46.5 Å². The molecule has 0 radical (unpaired) electrons. The van der Waals surface area contributed by atoms with Gasteiger partial charge in [0.05, 0.1) is 6.61 Å². The van der Waals surface area contributed by atoms with Crippen LogP contribution in [-0.4, -0.2) is 18.4 Å². The topological polar surface area (TPSA) is 43.4 Å². The van der Waals surface area contributed by atoms with Crippen molar-refractivity contribution in [2.24, 2.45) is 5.92 Å². The van der Waals surface area contributed by atoms with Gasteiger partial charge in [-0.2, -0.15) is 0 Å². The standard InChI is InChI=1S/C19H25BrO3/c1-4-6-12-16(20)13-17(15-10-8-7-9-11-15)18(14(3)21)19(22)23-5-2/h7-11,13,17-18H,4-6,12H2,1-3H3/b16-13-. The average Bonchev–Trinajstić information content (AvgIpc) is 2.53. The third-order valence-corrected chi connectivity index (χ3v) is 4.31. The molecule has 0 aliphatic rings. The van der Waals surface area contributed by atoms with Crippen molar-refractivity contribution >= 4 is 27.7 Å². The summed E-state index contributed by atoms with van der Waals surface area (Å²) in [6.07, 6.45) is 5.02. The van der Waals surface area contributed by atoms with Crippen molar-refractivity contribution in [2.75, 3.05) is 6.61 Å². The summed E-state index contributed by atoms with van der Waals surface area (Å²) >= 11 is 3.58. The molecule has 0 aliphatic carbocycles. The molecular weight excluding hydrogens is 356 g/mol. The van der Waals surface area contributed by atoms with Gasteiger partial charge in [0.1, 0.15) is 11.7 Å². The van der Waals surface area contributed by atoms with Crippen LogP contribution in [0.25, 0.3) is 0 Å². The Kier molecular flexibility index (Phi) is 8.85. The zero-order chi connectivity index (χ0) is 17.2. The summed E-state index contributed by atoms with van der Waals surface area (Å²) in [7, 11) is 0. The van der Waals surface area contributed by atoms with Gasteiger partial charge in [-0.15, -0.1) is 0 Å². The van der Waals surface area contributed by atoms with E-state index in [0.717, 1.165) is 29.3 Å². The molecule has 0 fully saturated rings. The number of hydrogen-bond donors (Lipinski definition) is 0. The molecule has 0 aromatic heterocycles. The first-order chi connectivity index (χ1) is 11.0. The second kappa shape index (κ2) is 10.4. The molecule has 1 aromatic carbocycles. The van der Waals surface area contributed by atoms with Gasteiger partial charge in [0.15, 0.2) is 0 Å². The molecule has 0 amide bonds. The highest BCUT2D eigenvalue weighted by molar-refractivity contribution is 9.11. The normalized spacial score (nSPS) is 14.2. The summed E-state index contributed by atoms with van der Waals surface area (Å²) in [4.78, 5) is 24.4. The Bertz CT molecular complexity index is 537. The molecule has 0 aliphatic heterocycles. The van der Waals surface area contributed by atoms with E-state index >= 15 is 0 Å². The van der Waals surface area contributed by atoms with E-state index < -0.39 is 11.9 Å². The Balaban J connectivity index is 3.20. The predicted octanol–water partition coefficient (Wildman–Crippen LogP) is 5.01. The van der Waals surface area contributed by atoms with Crippen LogP contribution in [-0.2, 0) is 14.3 Å². The van der Waals surface area contributed by atoms with E-state index in [2.05, 4.69) is 22.9 Å². The van der Waals surface area contributed by atoms with Crippen LogP contribution >= 0.6 is 15.9 Å². The largest absolute Gasteiger partial charge is 0.465 e. The van der Waals surface area contributed by atoms with E-state index in [1.165, 1.54) is 6.92 Å². The van der Waals surface area contributed by atoms with Gasteiger partial charge in [0, 0.05) is 5.92 Å². The molecule has 3 nitrogen and oxygen atoms in total.